The fourth-order valence-electron chi connectivity index (χ4n) is 11.0. The summed E-state index contributed by atoms with van der Waals surface area (Å²) in [5, 5.41) is 21.1. The number of rotatable bonds is 42. The number of benzene rings is 2. The molecule has 524 valence electrons. The molecule has 0 bridgehead atoms. The van der Waals surface area contributed by atoms with Gasteiger partial charge in [0, 0.05) is 45.3 Å². The molecule has 0 unspecified atom stereocenters. The summed E-state index contributed by atoms with van der Waals surface area (Å²) in [6.07, 6.45) is 3.12. The Morgan fingerprint density at radius 3 is 1.51 bits per heavy atom. The number of aliphatic imine (C=N–C) groups is 1. The molecule has 10 atom stereocenters. The Bertz CT molecular complexity index is 2960. The van der Waals surface area contributed by atoms with Gasteiger partial charge in [-0.2, -0.15) is 11.8 Å². The lowest BCUT2D eigenvalue weighted by atomic mass is 10.0. The van der Waals surface area contributed by atoms with E-state index in [0.29, 0.717) is 55.4 Å². The van der Waals surface area contributed by atoms with Gasteiger partial charge in [0.1, 0.15) is 54.4 Å². The molecule has 2 aliphatic heterocycles. The summed E-state index contributed by atoms with van der Waals surface area (Å²) in [5.74, 6) is -9.80. The molecule has 4 rings (SSSR count). The number of hydrogen-bond donors (Lipinski definition) is 15. The third kappa shape index (κ3) is 27.5. The molecule has 22 N–H and O–H groups in total. The predicted molar refractivity (Wildman–Crippen MR) is 356 cm³/mol. The number of amides is 13. The standard InChI is InChI=1S/C63H98N18O13S/c1-37(2)33-45(57(89)74-41(53(68)85)27-32-95-3)73-52(84)36-72-54(86)46(34-38-15-6-4-7-16-38)78-58(90)47(35-39-17-8-5-9-18-39)79-56(88)42(23-25-50(66)82)75-55(87)43(24-26-51(67)83)76-59(91)49-22-14-31-81(49)62(94)44(20-10-11-28-64)77-60(92)48-21-13-30-80(48)61(93)40(65)19-12-29-71-63(69)70/h4-9,15-18,37,40-49H,10-14,19-36,64-65H2,1-3H3,(H2,66,82)(H2,67,83)(H2,68,85)(H,72,86)(H,73,84)(H,74,89)(H,75,87)(H,76,91)(H,77,92)(H,78,90)(H,79,88)(H4,69,70,71)/t40-,41-,42-,43-,44+,45+,46-,47-,48+,49+/m0/s1. The van der Waals surface area contributed by atoms with Gasteiger partial charge in [-0.15, -0.1) is 0 Å². The summed E-state index contributed by atoms with van der Waals surface area (Å²) in [4.78, 5) is 185. The second-order valence-electron chi connectivity index (χ2n) is 24.1. The van der Waals surface area contributed by atoms with Crippen LogP contribution in [0.4, 0.5) is 0 Å². The van der Waals surface area contributed by atoms with Gasteiger partial charge >= 0.3 is 0 Å². The number of carbonyl (C=O) groups excluding carboxylic acids is 13. The van der Waals surface area contributed by atoms with Crippen LogP contribution in [0.2, 0.25) is 0 Å². The number of carbonyl (C=O) groups is 13. The van der Waals surface area contributed by atoms with Gasteiger partial charge in [-0.1, -0.05) is 74.5 Å². The van der Waals surface area contributed by atoms with Crippen LogP contribution in [0.5, 0.6) is 0 Å². The molecule has 2 aromatic rings. The van der Waals surface area contributed by atoms with E-state index >= 15 is 0 Å². The number of guanidine groups is 1. The van der Waals surface area contributed by atoms with Crippen molar-refractivity contribution < 1.29 is 62.3 Å². The van der Waals surface area contributed by atoms with Gasteiger partial charge in [-0.3, -0.25) is 67.3 Å². The van der Waals surface area contributed by atoms with Crippen LogP contribution in [0.3, 0.4) is 0 Å². The molecule has 31 nitrogen and oxygen atoms in total. The average molecular weight is 1350 g/mol. The summed E-state index contributed by atoms with van der Waals surface area (Å²) in [7, 11) is 0. The van der Waals surface area contributed by atoms with Crippen LogP contribution in [-0.4, -0.2) is 198 Å². The maximum Gasteiger partial charge on any atom is 0.245 e. The van der Waals surface area contributed by atoms with E-state index in [2.05, 4.69) is 47.5 Å². The molecule has 2 heterocycles. The van der Waals surface area contributed by atoms with E-state index in [4.69, 9.17) is 40.1 Å². The van der Waals surface area contributed by atoms with Crippen molar-refractivity contribution in [2.75, 3.05) is 44.7 Å². The van der Waals surface area contributed by atoms with Crippen molar-refractivity contribution in [1.82, 2.24) is 52.3 Å². The Balaban J connectivity index is 1.56. The predicted octanol–water partition coefficient (Wildman–Crippen LogP) is -3.71. The molecule has 95 heavy (non-hydrogen) atoms. The normalized spacial score (nSPS) is 16.8. The molecule has 2 aliphatic rings. The minimum atomic E-state index is -1.64. The van der Waals surface area contributed by atoms with Crippen LogP contribution in [0.25, 0.3) is 0 Å². The SMILES string of the molecule is CSCC[C@H](NC(=O)[C@@H](CC(C)C)NC(=O)CNC(=O)[C@H](Cc1ccccc1)NC(=O)[C@H](Cc1ccccc1)NC(=O)[C@H](CCC(N)=O)NC(=O)[C@H](CCC(N)=O)NC(=O)[C@H]1CCCN1C(=O)[C@@H](CCCCN)NC(=O)[C@H]1CCCN1C(=O)[C@@H](N)CCCN=C(N)N)C(N)=O. The van der Waals surface area contributed by atoms with Gasteiger partial charge in [0.05, 0.1) is 12.6 Å². The maximum absolute atomic E-state index is 14.7. The van der Waals surface area contributed by atoms with Crippen LogP contribution in [0.15, 0.2) is 65.7 Å². The maximum atomic E-state index is 14.7. The molecular weight excluding hydrogens is 1250 g/mol. The lowest BCUT2D eigenvalue weighted by Gasteiger charge is -2.32. The fourth-order valence-corrected chi connectivity index (χ4v) is 11.5. The Hall–Kier alpha value is -8.91. The molecule has 13 amide bonds. The summed E-state index contributed by atoms with van der Waals surface area (Å²) in [6.45, 7) is 3.86. The minimum absolute atomic E-state index is 0.0736. The summed E-state index contributed by atoms with van der Waals surface area (Å²) in [5.41, 5.74) is 40.6. The van der Waals surface area contributed by atoms with Crippen LogP contribution >= 0.6 is 11.8 Å². The number of hydrogen-bond acceptors (Lipinski definition) is 17. The molecule has 2 aromatic carbocycles. The van der Waals surface area contributed by atoms with Crippen molar-refractivity contribution in [2.45, 2.75) is 183 Å². The zero-order chi connectivity index (χ0) is 70.1. The summed E-state index contributed by atoms with van der Waals surface area (Å²) < 4.78 is 0. The average Bonchev–Trinajstić information content (AvgIpc) is 1.74. The molecule has 32 heteroatoms. The van der Waals surface area contributed by atoms with Crippen molar-refractivity contribution >= 4 is 94.5 Å². The van der Waals surface area contributed by atoms with Gasteiger partial charge in [0.15, 0.2) is 5.96 Å². The number of nitrogens with two attached hydrogens (primary N) is 7. The first-order chi connectivity index (χ1) is 45.2. The zero-order valence-corrected chi connectivity index (χ0v) is 55.3. The second kappa shape index (κ2) is 41.0. The van der Waals surface area contributed by atoms with Gasteiger partial charge in [0.25, 0.3) is 0 Å². The number of unbranched alkanes of at least 4 members (excludes halogenated alkanes) is 1. The smallest absolute Gasteiger partial charge is 0.245 e. The number of thioether (sulfide) groups is 1. The number of primary amides is 3. The molecule has 0 spiro atoms. The van der Waals surface area contributed by atoms with Gasteiger partial charge in [-0.25, -0.2) is 0 Å². The number of likely N-dealkylation sites (tertiary alicyclic amines) is 2. The van der Waals surface area contributed by atoms with E-state index in [9.17, 15) is 62.3 Å². The Kier molecular flexibility index (Phi) is 33.9. The highest BCUT2D eigenvalue weighted by atomic mass is 32.2. The first-order valence-corrected chi connectivity index (χ1v) is 33.6. The lowest BCUT2D eigenvalue weighted by Crippen LogP contribution is -2.60. The first kappa shape index (κ1) is 78.5. The largest absolute Gasteiger partial charge is 0.370 e. The quantitative estimate of drug-likeness (QED) is 0.0173. The minimum Gasteiger partial charge on any atom is -0.370 e. The van der Waals surface area contributed by atoms with Crippen LogP contribution in [0.1, 0.15) is 121 Å². The van der Waals surface area contributed by atoms with Gasteiger partial charge < -0.3 is 92.5 Å². The van der Waals surface area contributed by atoms with Crippen molar-refractivity contribution in [3.8, 4) is 0 Å². The molecular formula is C63H98N18O13S. The molecule has 0 aliphatic carbocycles. The monoisotopic (exact) mass is 1350 g/mol. The third-order valence-corrected chi connectivity index (χ3v) is 16.7. The van der Waals surface area contributed by atoms with E-state index in [-0.39, 0.29) is 83.0 Å². The van der Waals surface area contributed by atoms with E-state index in [1.54, 1.807) is 60.7 Å². The highest BCUT2D eigenvalue weighted by Crippen LogP contribution is 2.24. The van der Waals surface area contributed by atoms with E-state index < -0.39 is 169 Å². The first-order valence-electron chi connectivity index (χ1n) is 32.2. The van der Waals surface area contributed by atoms with Crippen molar-refractivity contribution in [1.29, 1.82) is 0 Å². The van der Waals surface area contributed by atoms with Crippen LogP contribution in [0, 0.1) is 5.92 Å². The van der Waals surface area contributed by atoms with E-state index in [1.807, 2.05) is 20.1 Å². The Labute approximate surface area is 558 Å². The molecule has 2 saturated heterocycles. The second-order valence-corrected chi connectivity index (χ2v) is 25.1. The van der Waals surface area contributed by atoms with Gasteiger partial charge in [-0.05, 0) is 119 Å². The van der Waals surface area contributed by atoms with E-state index in [1.165, 1.54) is 21.6 Å². The summed E-state index contributed by atoms with van der Waals surface area (Å²) >= 11 is 1.45. The molecule has 0 aromatic heterocycles. The highest BCUT2D eigenvalue weighted by molar-refractivity contribution is 7.98. The zero-order valence-electron chi connectivity index (χ0n) is 54.5. The number of nitrogens with one attached hydrogen (secondary N) is 8. The number of nitrogens with zero attached hydrogens (tertiary/aromatic N) is 3. The fraction of sp³-hybridized carbons (Fsp3) is 0.587. The van der Waals surface area contributed by atoms with Crippen LogP contribution < -0.4 is 82.7 Å². The van der Waals surface area contributed by atoms with Gasteiger partial charge in [0.2, 0.25) is 76.8 Å². The lowest BCUT2D eigenvalue weighted by molar-refractivity contribution is -0.144. The highest BCUT2D eigenvalue weighted by Gasteiger charge is 2.42. The van der Waals surface area contributed by atoms with Crippen molar-refractivity contribution in [2.24, 2.45) is 51.0 Å². The molecule has 0 saturated carbocycles. The Morgan fingerprint density at radius 1 is 0.537 bits per heavy atom. The van der Waals surface area contributed by atoms with Crippen LogP contribution in [-0.2, 0) is 75.2 Å². The molecule has 0 radical (unpaired) electrons. The summed E-state index contributed by atoms with van der Waals surface area (Å²) in [6, 6.07) is 4.51. The molecule has 2 fully saturated rings. The van der Waals surface area contributed by atoms with E-state index in [0.717, 1.165) is 0 Å². The van der Waals surface area contributed by atoms with Crippen molar-refractivity contribution in [3.63, 3.8) is 0 Å². The topological polar surface area (TPSA) is 519 Å². The Morgan fingerprint density at radius 2 is 1.01 bits per heavy atom. The van der Waals surface area contributed by atoms with Crippen molar-refractivity contribution in [3.05, 3.63) is 71.8 Å². The third-order valence-electron chi connectivity index (χ3n) is 16.0.